The van der Waals surface area contributed by atoms with Gasteiger partial charge in [0.15, 0.2) is 0 Å². The molecule has 1 aromatic rings. The van der Waals surface area contributed by atoms with Crippen LogP contribution in [0.4, 0.5) is 0 Å². The molecular formula is C16H23NO2. The van der Waals surface area contributed by atoms with E-state index in [2.05, 4.69) is 5.16 Å². The summed E-state index contributed by atoms with van der Waals surface area (Å²) in [5.41, 5.74) is 1.65. The molecule has 0 aromatic heterocycles. The summed E-state index contributed by atoms with van der Waals surface area (Å²) >= 11 is 0. The summed E-state index contributed by atoms with van der Waals surface area (Å²) in [5.74, 6) is 0. The second-order valence-electron chi connectivity index (χ2n) is 3.54. The molecule has 0 heterocycles. The second-order valence-corrected chi connectivity index (χ2v) is 3.54. The van der Waals surface area contributed by atoms with E-state index in [1.807, 2.05) is 52.0 Å². The lowest BCUT2D eigenvalue weighted by Crippen LogP contribution is -2.23. The van der Waals surface area contributed by atoms with Crippen LogP contribution in [0.1, 0.15) is 33.3 Å². The number of benzene rings is 1. The number of hydrogen-bond acceptors (Lipinski definition) is 3. The molecule has 3 heteroatoms. The van der Waals surface area contributed by atoms with Crippen LogP contribution in [0.5, 0.6) is 0 Å². The fourth-order valence-corrected chi connectivity index (χ4v) is 1.57. The Kier molecular flexibility index (Phi) is 9.10. The fourth-order valence-electron chi connectivity index (χ4n) is 1.57. The van der Waals surface area contributed by atoms with Gasteiger partial charge in [-0.05, 0) is 19.4 Å². The number of nitrogens with zero attached hydrogens (tertiary/aromatic N) is 1. The molecule has 0 fully saturated rings. The van der Waals surface area contributed by atoms with Crippen LogP contribution in [0.2, 0.25) is 0 Å². The van der Waals surface area contributed by atoms with E-state index in [4.69, 9.17) is 5.21 Å². The first-order valence-electron chi connectivity index (χ1n) is 6.49. The van der Waals surface area contributed by atoms with Crippen LogP contribution in [0.3, 0.4) is 0 Å². The van der Waals surface area contributed by atoms with Crippen LogP contribution in [0.15, 0.2) is 59.3 Å². The van der Waals surface area contributed by atoms with Gasteiger partial charge in [-0.25, -0.2) is 0 Å². The first-order chi connectivity index (χ1) is 9.24. The van der Waals surface area contributed by atoms with E-state index >= 15 is 0 Å². The lowest BCUT2D eigenvalue weighted by molar-refractivity contribution is 0.263. The Morgan fingerprint density at radius 3 is 2.16 bits per heavy atom. The van der Waals surface area contributed by atoms with E-state index in [-0.39, 0.29) is 5.71 Å². The van der Waals surface area contributed by atoms with Crippen LogP contribution in [0.25, 0.3) is 0 Å². The molecule has 0 radical (unpaired) electrons. The van der Waals surface area contributed by atoms with E-state index < -0.39 is 6.10 Å². The molecule has 0 aliphatic heterocycles. The van der Waals surface area contributed by atoms with Gasteiger partial charge in [-0.2, -0.15) is 0 Å². The third-order valence-electron chi connectivity index (χ3n) is 2.44. The van der Waals surface area contributed by atoms with Crippen molar-refractivity contribution in [2.75, 3.05) is 0 Å². The van der Waals surface area contributed by atoms with Gasteiger partial charge in [0.2, 0.25) is 0 Å². The molecule has 1 atom stereocenters. The Hall–Kier alpha value is -1.87. The van der Waals surface area contributed by atoms with Crippen molar-refractivity contribution < 1.29 is 10.3 Å². The molecule has 1 rings (SSSR count). The third-order valence-corrected chi connectivity index (χ3v) is 2.44. The summed E-state index contributed by atoms with van der Waals surface area (Å²) in [4.78, 5) is 0. The highest BCUT2D eigenvalue weighted by Crippen LogP contribution is 2.12. The van der Waals surface area contributed by atoms with E-state index in [1.165, 1.54) is 0 Å². The molecule has 0 bridgehead atoms. The van der Waals surface area contributed by atoms with Crippen LogP contribution in [0, 0.1) is 0 Å². The average molecular weight is 261 g/mol. The standard InChI is InChI=1S/C14H17NO2.C2H6/c1-3-8-11(4-2)14(16)13(15-17)12-9-6-5-7-10-12;1-2/h3-10,14,16-17H,1-2H3;1-2H3/b8-3-,11-4+,15-13+;. The van der Waals surface area contributed by atoms with Gasteiger partial charge in [-0.3, -0.25) is 0 Å². The zero-order valence-corrected chi connectivity index (χ0v) is 12.0. The molecule has 19 heavy (non-hydrogen) atoms. The molecule has 104 valence electrons. The minimum atomic E-state index is -0.927. The van der Waals surface area contributed by atoms with Crippen molar-refractivity contribution in [1.82, 2.24) is 0 Å². The zero-order valence-electron chi connectivity index (χ0n) is 12.0. The van der Waals surface area contributed by atoms with Crippen molar-refractivity contribution in [3.05, 3.63) is 59.7 Å². The monoisotopic (exact) mass is 261 g/mol. The first-order valence-corrected chi connectivity index (χ1v) is 6.49. The quantitative estimate of drug-likeness (QED) is 0.375. The summed E-state index contributed by atoms with van der Waals surface area (Å²) in [6.45, 7) is 7.70. The maximum atomic E-state index is 10.1. The lowest BCUT2D eigenvalue weighted by atomic mass is 9.98. The molecule has 3 nitrogen and oxygen atoms in total. The van der Waals surface area contributed by atoms with Crippen LogP contribution >= 0.6 is 0 Å². The summed E-state index contributed by atoms with van der Waals surface area (Å²) in [5, 5.41) is 22.4. The molecule has 0 spiro atoms. The number of hydrogen-bond donors (Lipinski definition) is 2. The minimum absolute atomic E-state index is 0.247. The highest BCUT2D eigenvalue weighted by molar-refractivity contribution is 6.05. The number of aliphatic hydroxyl groups is 1. The van der Waals surface area contributed by atoms with Gasteiger partial charge >= 0.3 is 0 Å². The number of oxime groups is 1. The highest BCUT2D eigenvalue weighted by atomic mass is 16.4. The predicted molar refractivity (Wildman–Crippen MR) is 80.7 cm³/mol. The van der Waals surface area contributed by atoms with Gasteiger partial charge in [0.05, 0.1) is 0 Å². The zero-order chi connectivity index (χ0) is 14.7. The molecule has 0 aliphatic carbocycles. The van der Waals surface area contributed by atoms with Gasteiger partial charge in [0, 0.05) is 5.56 Å². The lowest BCUT2D eigenvalue weighted by Gasteiger charge is -2.13. The molecule has 1 aromatic carbocycles. The molecule has 0 saturated carbocycles. The molecule has 0 amide bonds. The number of allylic oxidation sites excluding steroid dienone is 2. The van der Waals surface area contributed by atoms with Crippen LogP contribution in [-0.4, -0.2) is 22.1 Å². The average Bonchev–Trinajstić information content (AvgIpc) is 2.48. The minimum Gasteiger partial charge on any atom is -0.411 e. The SMILES string of the molecule is C/C=C\C(=C/C)C(O)/C(=N/O)c1ccccc1.CC. The normalized spacial score (nSPS) is 13.9. The molecule has 2 N–H and O–H groups in total. The van der Waals surface area contributed by atoms with Crippen molar-refractivity contribution in [2.24, 2.45) is 5.16 Å². The summed E-state index contributed by atoms with van der Waals surface area (Å²) < 4.78 is 0. The Balaban J connectivity index is 0.00000154. The Labute approximate surface area is 115 Å². The van der Waals surface area contributed by atoms with Gasteiger partial charge in [-0.15, -0.1) is 0 Å². The molecule has 0 aliphatic rings. The fraction of sp³-hybridized carbons (Fsp3) is 0.312. The van der Waals surface area contributed by atoms with Crippen molar-refractivity contribution in [1.29, 1.82) is 0 Å². The highest BCUT2D eigenvalue weighted by Gasteiger charge is 2.17. The van der Waals surface area contributed by atoms with E-state index in [0.29, 0.717) is 11.1 Å². The largest absolute Gasteiger partial charge is 0.411 e. The molecular weight excluding hydrogens is 238 g/mol. The Morgan fingerprint density at radius 1 is 1.16 bits per heavy atom. The van der Waals surface area contributed by atoms with Crippen LogP contribution in [-0.2, 0) is 0 Å². The first kappa shape index (κ1) is 17.1. The maximum absolute atomic E-state index is 10.1. The summed E-state index contributed by atoms with van der Waals surface area (Å²) in [7, 11) is 0. The summed E-state index contributed by atoms with van der Waals surface area (Å²) in [6, 6.07) is 9.12. The Bertz CT molecular complexity index is 433. The number of aliphatic hydroxyl groups excluding tert-OH is 1. The van der Waals surface area contributed by atoms with E-state index in [0.717, 1.165) is 0 Å². The maximum Gasteiger partial charge on any atom is 0.125 e. The summed E-state index contributed by atoms with van der Waals surface area (Å²) in [6.07, 6.45) is 4.49. The van der Waals surface area contributed by atoms with E-state index in [1.54, 1.807) is 24.3 Å². The smallest absolute Gasteiger partial charge is 0.125 e. The topological polar surface area (TPSA) is 52.8 Å². The third kappa shape index (κ3) is 5.10. The second kappa shape index (κ2) is 10.1. The molecule has 0 saturated heterocycles. The van der Waals surface area contributed by atoms with Crippen LogP contribution < -0.4 is 0 Å². The number of rotatable bonds is 4. The van der Waals surface area contributed by atoms with Gasteiger partial charge in [0.1, 0.15) is 11.8 Å². The van der Waals surface area contributed by atoms with Gasteiger partial charge < -0.3 is 10.3 Å². The van der Waals surface area contributed by atoms with Crippen molar-refractivity contribution in [2.45, 2.75) is 33.8 Å². The van der Waals surface area contributed by atoms with E-state index in [9.17, 15) is 5.11 Å². The van der Waals surface area contributed by atoms with Crippen molar-refractivity contribution in [3.63, 3.8) is 0 Å². The predicted octanol–water partition coefficient (Wildman–Crippen LogP) is 3.77. The Morgan fingerprint density at radius 2 is 1.74 bits per heavy atom. The van der Waals surface area contributed by atoms with Crippen molar-refractivity contribution >= 4 is 5.71 Å². The van der Waals surface area contributed by atoms with Gasteiger partial charge in [0.25, 0.3) is 0 Å². The molecule has 1 unspecified atom stereocenters. The van der Waals surface area contributed by atoms with Crippen molar-refractivity contribution in [3.8, 4) is 0 Å². The van der Waals surface area contributed by atoms with Gasteiger partial charge in [-0.1, -0.05) is 67.6 Å².